The van der Waals surface area contributed by atoms with E-state index in [0.29, 0.717) is 13.2 Å². The van der Waals surface area contributed by atoms with Gasteiger partial charge in [0.05, 0.1) is 0 Å². The minimum atomic E-state index is -0.811. The Bertz CT molecular complexity index is 732. The lowest BCUT2D eigenvalue weighted by atomic mass is 10.0. The third-order valence-corrected chi connectivity index (χ3v) is 4.60. The Balaban J connectivity index is 2.12. The second-order valence-electron chi connectivity index (χ2n) is 6.70. The molecule has 4 heteroatoms. The predicted octanol–water partition coefficient (Wildman–Crippen LogP) is 4.10. The molecule has 1 N–H and O–H groups in total. The number of carbonyl (C=O) groups is 1. The van der Waals surface area contributed by atoms with Crippen LogP contribution in [-0.2, 0) is 17.9 Å². The number of hydrogen-bond acceptors (Lipinski definition) is 3. The maximum Gasteiger partial charge on any atom is 0.320 e. The highest BCUT2D eigenvalue weighted by atomic mass is 16.5. The number of nitrogens with zero attached hydrogens (tertiary/aromatic N) is 1. The minimum Gasteiger partial charge on any atom is -0.488 e. The van der Waals surface area contributed by atoms with Crippen LogP contribution in [0.4, 0.5) is 0 Å². The van der Waals surface area contributed by atoms with Gasteiger partial charge in [0.15, 0.2) is 0 Å². The maximum atomic E-state index is 11.1. The zero-order chi connectivity index (χ0) is 18.6. The van der Waals surface area contributed by atoms with Crippen molar-refractivity contribution in [1.29, 1.82) is 0 Å². The summed E-state index contributed by atoms with van der Waals surface area (Å²) in [6.45, 7) is 8.98. The first-order valence-electron chi connectivity index (χ1n) is 8.50. The van der Waals surface area contributed by atoms with Crippen LogP contribution in [0.3, 0.4) is 0 Å². The van der Waals surface area contributed by atoms with Crippen LogP contribution >= 0.6 is 0 Å². The molecule has 2 aromatic rings. The quantitative estimate of drug-likeness (QED) is 0.824. The normalized spacial score (nSPS) is 12.2. The smallest absolute Gasteiger partial charge is 0.320 e. The molecule has 134 valence electrons. The van der Waals surface area contributed by atoms with Crippen molar-refractivity contribution < 1.29 is 14.6 Å². The summed E-state index contributed by atoms with van der Waals surface area (Å²) in [6.07, 6.45) is 0. The van der Waals surface area contributed by atoms with Gasteiger partial charge in [-0.25, -0.2) is 0 Å². The maximum absolute atomic E-state index is 11.1. The van der Waals surface area contributed by atoms with Crippen LogP contribution in [-0.4, -0.2) is 29.1 Å². The Labute approximate surface area is 150 Å². The van der Waals surface area contributed by atoms with Crippen molar-refractivity contribution >= 4 is 5.97 Å². The number of carboxylic acid groups (broad SMARTS) is 1. The third kappa shape index (κ3) is 4.83. The summed E-state index contributed by atoms with van der Waals surface area (Å²) in [6, 6.07) is 11.8. The molecule has 0 aromatic heterocycles. The molecule has 0 amide bonds. The molecular formula is C21H27NO3. The van der Waals surface area contributed by atoms with Crippen molar-refractivity contribution in [2.45, 2.75) is 46.9 Å². The Morgan fingerprint density at radius 3 is 2.28 bits per heavy atom. The molecule has 0 heterocycles. The summed E-state index contributed by atoms with van der Waals surface area (Å²) >= 11 is 0. The van der Waals surface area contributed by atoms with Gasteiger partial charge in [0.1, 0.15) is 18.4 Å². The number of likely N-dealkylation sites (N-methyl/N-ethyl adjacent to an activating group) is 1. The van der Waals surface area contributed by atoms with E-state index in [4.69, 9.17) is 9.84 Å². The van der Waals surface area contributed by atoms with E-state index < -0.39 is 12.0 Å². The largest absolute Gasteiger partial charge is 0.488 e. The van der Waals surface area contributed by atoms with E-state index in [1.807, 2.05) is 37.9 Å². The molecule has 0 saturated carbocycles. The molecular weight excluding hydrogens is 314 g/mol. The number of aryl methyl sites for hydroxylation is 3. The third-order valence-electron chi connectivity index (χ3n) is 4.60. The highest BCUT2D eigenvalue weighted by molar-refractivity contribution is 5.72. The van der Waals surface area contributed by atoms with E-state index >= 15 is 0 Å². The number of hydrogen-bond donors (Lipinski definition) is 1. The van der Waals surface area contributed by atoms with E-state index in [9.17, 15) is 4.79 Å². The molecule has 0 aliphatic heterocycles. The van der Waals surface area contributed by atoms with Crippen molar-refractivity contribution in [3.05, 3.63) is 64.2 Å². The standard InChI is InChI=1S/C21H27NO3/c1-14-8-6-7-9-19(14)13-25-20-15(2)10-18(11-16(20)3)12-22(5)17(4)21(23)24/h6-11,17H,12-13H2,1-5H3,(H,23,24). The van der Waals surface area contributed by atoms with Gasteiger partial charge in [-0.3, -0.25) is 9.69 Å². The van der Waals surface area contributed by atoms with Gasteiger partial charge < -0.3 is 9.84 Å². The lowest BCUT2D eigenvalue weighted by Crippen LogP contribution is -2.35. The van der Waals surface area contributed by atoms with Crippen LogP contribution in [0.2, 0.25) is 0 Å². The summed E-state index contributed by atoms with van der Waals surface area (Å²) in [5, 5.41) is 9.12. The van der Waals surface area contributed by atoms with Gasteiger partial charge in [-0.1, -0.05) is 36.4 Å². The molecule has 4 nitrogen and oxygen atoms in total. The SMILES string of the molecule is Cc1ccccc1COc1c(C)cc(CN(C)C(C)C(=O)O)cc1C. The number of aliphatic carboxylic acids is 1. The lowest BCUT2D eigenvalue weighted by molar-refractivity contribution is -0.142. The fourth-order valence-electron chi connectivity index (χ4n) is 2.89. The van der Waals surface area contributed by atoms with Gasteiger partial charge >= 0.3 is 5.97 Å². The summed E-state index contributed by atoms with van der Waals surface area (Å²) < 4.78 is 6.07. The van der Waals surface area contributed by atoms with Crippen molar-refractivity contribution in [1.82, 2.24) is 4.90 Å². The predicted molar refractivity (Wildman–Crippen MR) is 100.0 cm³/mol. The number of carboxylic acids is 1. The van der Waals surface area contributed by atoms with Crippen LogP contribution in [0.25, 0.3) is 0 Å². The van der Waals surface area contributed by atoms with Gasteiger partial charge in [-0.2, -0.15) is 0 Å². The number of benzene rings is 2. The summed E-state index contributed by atoms with van der Waals surface area (Å²) in [5.74, 6) is 0.0927. The highest BCUT2D eigenvalue weighted by Crippen LogP contribution is 2.27. The van der Waals surface area contributed by atoms with Crippen molar-refractivity contribution in [3.8, 4) is 5.75 Å². The first kappa shape index (κ1) is 19.0. The van der Waals surface area contributed by atoms with Crippen LogP contribution in [0, 0.1) is 20.8 Å². The highest BCUT2D eigenvalue weighted by Gasteiger charge is 2.17. The van der Waals surface area contributed by atoms with E-state index in [0.717, 1.165) is 22.4 Å². The fraction of sp³-hybridized carbons (Fsp3) is 0.381. The monoisotopic (exact) mass is 341 g/mol. The van der Waals surface area contributed by atoms with Gasteiger partial charge in [-0.05, 0) is 62.6 Å². The molecule has 1 unspecified atom stereocenters. The fourth-order valence-corrected chi connectivity index (χ4v) is 2.89. The number of ether oxygens (including phenoxy) is 1. The van der Waals surface area contributed by atoms with Crippen molar-refractivity contribution in [3.63, 3.8) is 0 Å². The topological polar surface area (TPSA) is 49.8 Å². The molecule has 0 spiro atoms. The Morgan fingerprint density at radius 2 is 1.72 bits per heavy atom. The minimum absolute atomic E-state index is 0.516. The van der Waals surface area contributed by atoms with Gasteiger partial charge in [0.2, 0.25) is 0 Å². The first-order chi connectivity index (χ1) is 11.8. The molecule has 0 aliphatic rings. The molecule has 0 fully saturated rings. The van der Waals surface area contributed by atoms with Crippen LogP contribution in [0.5, 0.6) is 5.75 Å². The molecule has 0 aliphatic carbocycles. The molecule has 0 bridgehead atoms. The summed E-state index contributed by atoms with van der Waals surface area (Å²) in [7, 11) is 1.83. The van der Waals surface area contributed by atoms with Gasteiger partial charge in [0, 0.05) is 6.54 Å². The molecule has 2 aromatic carbocycles. The van der Waals surface area contributed by atoms with Gasteiger partial charge in [0.25, 0.3) is 0 Å². The van der Waals surface area contributed by atoms with Crippen molar-refractivity contribution in [2.24, 2.45) is 0 Å². The molecule has 0 saturated heterocycles. The summed E-state index contributed by atoms with van der Waals surface area (Å²) in [5.41, 5.74) is 5.63. The average molecular weight is 341 g/mol. The average Bonchev–Trinajstić information content (AvgIpc) is 2.54. The van der Waals surface area contributed by atoms with Crippen molar-refractivity contribution in [2.75, 3.05) is 7.05 Å². The van der Waals surface area contributed by atoms with E-state index in [2.05, 4.69) is 31.2 Å². The summed E-state index contributed by atoms with van der Waals surface area (Å²) in [4.78, 5) is 12.9. The zero-order valence-electron chi connectivity index (χ0n) is 15.7. The van der Waals surface area contributed by atoms with E-state index in [-0.39, 0.29) is 0 Å². The lowest BCUT2D eigenvalue weighted by Gasteiger charge is -2.22. The molecule has 0 radical (unpaired) electrons. The zero-order valence-corrected chi connectivity index (χ0v) is 15.7. The van der Waals surface area contributed by atoms with E-state index in [1.54, 1.807) is 6.92 Å². The Kier molecular flexibility index (Phi) is 6.21. The molecule has 25 heavy (non-hydrogen) atoms. The van der Waals surface area contributed by atoms with Crippen LogP contribution in [0.15, 0.2) is 36.4 Å². The second kappa shape index (κ2) is 8.17. The molecule has 1 atom stereocenters. The van der Waals surface area contributed by atoms with Gasteiger partial charge in [-0.15, -0.1) is 0 Å². The first-order valence-corrected chi connectivity index (χ1v) is 8.50. The second-order valence-corrected chi connectivity index (χ2v) is 6.70. The Morgan fingerprint density at radius 1 is 1.12 bits per heavy atom. The number of rotatable bonds is 7. The van der Waals surface area contributed by atoms with E-state index in [1.165, 1.54) is 11.1 Å². The Hall–Kier alpha value is -2.33. The van der Waals surface area contributed by atoms with Crippen LogP contribution < -0.4 is 4.74 Å². The molecule has 2 rings (SSSR count). The van der Waals surface area contributed by atoms with Crippen LogP contribution in [0.1, 0.15) is 34.7 Å².